The van der Waals surface area contributed by atoms with E-state index in [-0.39, 0.29) is 30.6 Å². The van der Waals surface area contributed by atoms with Gasteiger partial charge in [0.2, 0.25) is 5.91 Å². The van der Waals surface area contributed by atoms with Gasteiger partial charge < -0.3 is 29.7 Å². The number of carbonyl (C=O) groups is 2. The Morgan fingerprint density at radius 3 is 2.50 bits per heavy atom. The van der Waals surface area contributed by atoms with Crippen LogP contribution in [0.2, 0.25) is 0 Å². The number of rotatable bonds is 7. The number of fused-ring (bicyclic) bond motifs is 2. The van der Waals surface area contributed by atoms with E-state index in [0.717, 1.165) is 5.39 Å². The first-order valence-electron chi connectivity index (χ1n) is 13.5. The van der Waals surface area contributed by atoms with Crippen LogP contribution in [0.4, 0.5) is 18.9 Å². The van der Waals surface area contributed by atoms with E-state index >= 15 is 0 Å². The summed E-state index contributed by atoms with van der Waals surface area (Å²) in [6.45, 7) is 0.759. The number of likely N-dealkylation sites (N-methyl/N-ethyl adjacent to an activating group) is 1. The maximum absolute atomic E-state index is 14.5. The minimum atomic E-state index is -4.55. The Hall–Kier alpha value is -3.54. The molecule has 1 spiro atoms. The van der Waals surface area contributed by atoms with E-state index in [1.807, 2.05) is 12.1 Å². The van der Waals surface area contributed by atoms with Gasteiger partial charge in [0.05, 0.1) is 31.5 Å². The number of halogens is 4. The van der Waals surface area contributed by atoms with Crippen molar-refractivity contribution in [3.63, 3.8) is 0 Å². The Bertz CT molecular complexity index is 1430. The van der Waals surface area contributed by atoms with Crippen LogP contribution in [0, 0.1) is 0 Å². The first-order valence-corrected chi connectivity index (χ1v) is 13.5. The van der Waals surface area contributed by atoms with Gasteiger partial charge >= 0.3 is 6.18 Å². The lowest BCUT2D eigenvalue weighted by atomic mass is 9.84. The van der Waals surface area contributed by atoms with Crippen LogP contribution in [0.15, 0.2) is 60.7 Å². The number of ether oxygens (including phenoxy) is 3. The largest absolute Gasteiger partial charge is 0.484 e. The molecule has 8 nitrogen and oxygen atoms in total. The number of carbonyl (C=O) groups excluding carboxylic acids is 2. The molecule has 5 rings (SSSR count). The number of hydrogen-bond acceptors (Lipinski definition) is 6. The summed E-state index contributed by atoms with van der Waals surface area (Å²) >= 11 is 0. The van der Waals surface area contributed by atoms with Crippen molar-refractivity contribution in [2.24, 2.45) is 0 Å². The van der Waals surface area contributed by atoms with Gasteiger partial charge in [0.25, 0.3) is 5.91 Å². The lowest BCUT2D eigenvalue weighted by Gasteiger charge is -2.41. The normalized spacial score (nSPS) is 18.8. The molecule has 1 saturated heterocycles. The number of benzene rings is 3. The van der Waals surface area contributed by atoms with Crippen molar-refractivity contribution in [1.82, 2.24) is 10.6 Å². The summed E-state index contributed by atoms with van der Waals surface area (Å²) < 4.78 is 57.0. The van der Waals surface area contributed by atoms with Crippen molar-refractivity contribution in [2.75, 3.05) is 31.8 Å². The molecular weight excluding hydrogens is 575 g/mol. The van der Waals surface area contributed by atoms with Gasteiger partial charge in [-0.05, 0) is 42.9 Å². The lowest BCUT2D eigenvalue weighted by molar-refractivity contribution is -0.153. The Morgan fingerprint density at radius 1 is 1.10 bits per heavy atom. The molecule has 3 aromatic rings. The fraction of sp³-hybridized carbons (Fsp3) is 0.400. The Kier molecular flexibility index (Phi) is 9.54. The van der Waals surface area contributed by atoms with E-state index < -0.39 is 36.4 Å². The average molecular weight is 608 g/mol. The lowest BCUT2D eigenvalue weighted by Crippen LogP contribution is -2.65. The molecule has 2 aliphatic rings. The highest BCUT2D eigenvalue weighted by molar-refractivity contribution is 6.03. The first kappa shape index (κ1) is 31.4. The third-order valence-corrected chi connectivity index (χ3v) is 7.67. The second-order valence-electron chi connectivity index (χ2n) is 10.3. The van der Waals surface area contributed by atoms with Gasteiger partial charge in [0, 0.05) is 18.4 Å². The van der Waals surface area contributed by atoms with Gasteiger partial charge in [-0.15, -0.1) is 12.4 Å². The predicted octanol–water partition coefficient (Wildman–Crippen LogP) is 4.77. The summed E-state index contributed by atoms with van der Waals surface area (Å²) in [5.41, 5.74) is -0.235. The van der Waals surface area contributed by atoms with E-state index in [9.17, 15) is 22.8 Å². The van der Waals surface area contributed by atoms with Crippen molar-refractivity contribution < 1.29 is 37.0 Å². The van der Waals surface area contributed by atoms with Crippen LogP contribution in [0.25, 0.3) is 10.8 Å². The van der Waals surface area contributed by atoms with Crippen LogP contribution in [0.1, 0.15) is 25.3 Å². The van der Waals surface area contributed by atoms with Crippen molar-refractivity contribution in [1.29, 1.82) is 0 Å². The zero-order chi connectivity index (χ0) is 29.2. The summed E-state index contributed by atoms with van der Waals surface area (Å²) in [7, 11) is 1.64. The molecule has 0 saturated carbocycles. The minimum Gasteiger partial charge on any atom is -0.484 e. The fourth-order valence-electron chi connectivity index (χ4n) is 5.34. The number of hydrogen-bond donors (Lipinski definition) is 2. The molecular formula is C30H33ClF3N3O5. The molecule has 2 N–H and O–H groups in total. The molecule has 0 unspecified atom stereocenters. The Balaban J connectivity index is 0.00000405. The van der Waals surface area contributed by atoms with Crippen LogP contribution in [0.3, 0.4) is 0 Å². The molecule has 2 atom stereocenters. The topological polar surface area (TPSA) is 89.1 Å². The maximum Gasteiger partial charge on any atom is 0.422 e. The molecule has 0 bridgehead atoms. The zero-order valence-electron chi connectivity index (χ0n) is 23.2. The SMILES string of the molecule is CN[C@@H](C)C(=O)N[C@@H]1C(=O)N(Cc2c(OCC(F)(F)F)ccc3ccccc23)c2ccccc2OC12CCOCC2.Cl. The molecule has 0 aliphatic carbocycles. The van der Waals surface area contributed by atoms with Crippen molar-refractivity contribution in [3.8, 4) is 11.5 Å². The molecule has 0 radical (unpaired) electrons. The quantitative estimate of drug-likeness (QED) is 0.402. The minimum absolute atomic E-state index is 0. The van der Waals surface area contributed by atoms with Crippen LogP contribution in [-0.2, 0) is 20.9 Å². The summed E-state index contributed by atoms with van der Waals surface area (Å²) in [5.74, 6) is -0.380. The summed E-state index contributed by atoms with van der Waals surface area (Å²) in [6, 6.07) is 15.7. The van der Waals surface area contributed by atoms with Gasteiger partial charge in [0.15, 0.2) is 6.61 Å². The maximum atomic E-state index is 14.5. The second-order valence-corrected chi connectivity index (χ2v) is 10.3. The van der Waals surface area contributed by atoms with Crippen LogP contribution in [-0.4, -0.2) is 62.5 Å². The van der Waals surface area contributed by atoms with Crippen LogP contribution in [0.5, 0.6) is 11.5 Å². The summed E-state index contributed by atoms with van der Waals surface area (Å²) in [6.07, 6.45) is -3.83. The van der Waals surface area contributed by atoms with Gasteiger partial charge in [0.1, 0.15) is 23.1 Å². The third kappa shape index (κ3) is 6.43. The van der Waals surface area contributed by atoms with Crippen molar-refractivity contribution in [2.45, 2.75) is 50.2 Å². The summed E-state index contributed by atoms with van der Waals surface area (Å²) in [5, 5.41) is 7.23. The van der Waals surface area contributed by atoms with Crippen molar-refractivity contribution >= 4 is 40.7 Å². The standard InChI is InChI=1S/C30H32F3N3O5.ClH/c1-19(34-2)27(37)35-26-28(38)36(23-9-5-6-10-25(23)41-29(26)13-15-39-16-14-29)17-22-21-8-4-3-7-20(21)11-12-24(22)40-18-30(31,32)33;/h3-12,19,26,34H,13-18H2,1-2H3,(H,35,37);1H/t19-,26+;/m0./s1. The third-order valence-electron chi connectivity index (χ3n) is 7.67. The predicted molar refractivity (Wildman–Crippen MR) is 154 cm³/mol. The summed E-state index contributed by atoms with van der Waals surface area (Å²) in [4.78, 5) is 29.1. The highest BCUT2D eigenvalue weighted by Crippen LogP contribution is 2.42. The molecule has 2 aliphatic heterocycles. The number of nitrogens with zero attached hydrogens (tertiary/aromatic N) is 1. The molecule has 3 aromatic carbocycles. The van der Waals surface area contributed by atoms with E-state index in [1.165, 1.54) is 11.0 Å². The smallest absolute Gasteiger partial charge is 0.422 e. The molecule has 2 amide bonds. The number of para-hydroxylation sites is 2. The molecule has 1 fully saturated rings. The highest BCUT2D eigenvalue weighted by Gasteiger charge is 2.52. The average Bonchev–Trinajstić information content (AvgIpc) is 3.05. The van der Waals surface area contributed by atoms with Gasteiger partial charge in [-0.1, -0.05) is 42.5 Å². The molecule has 42 heavy (non-hydrogen) atoms. The van der Waals surface area contributed by atoms with E-state index in [1.54, 1.807) is 56.4 Å². The Labute approximate surface area is 247 Å². The molecule has 2 heterocycles. The number of anilines is 1. The first-order chi connectivity index (χ1) is 19.6. The zero-order valence-corrected chi connectivity index (χ0v) is 24.0. The highest BCUT2D eigenvalue weighted by atomic mass is 35.5. The van der Waals surface area contributed by atoms with Gasteiger partial charge in [-0.2, -0.15) is 13.2 Å². The monoisotopic (exact) mass is 607 g/mol. The number of nitrogens with one attached hydrogen (secondary N) is 2. The van der Waals surface area contributed by atoms with E-state index in [4.69, 9.17) is 14.2 Å². The van der Waals surface area contributed by atoms with Crippen LogP contribution >= 0.6 is 12.4 Å². The Morgan fingerprint density at radius 2 is 1.79 bits per heavy atom. The van der Waals surface area contributed by atoms with Gasteiger partial charge in [-0.25, -0.2) is 0 Å². The number of alkyl halides is 3. The second kappa shape index (κ2) is 12.8. The molecule has 0 aromatic heterocycles. The van der Waals surface area contributed by atoms with E-state index in [0.29, 0.717) is 48.4 Å². The molecule has 226 valence electrons. The fourth-order valence-corrected chi connectivity index (χ4v) is 5.34. The van der Waals surface area contributed by atoms with Crippen LogP contribution < -0.4 is 25.0 Å². The van der Waals surface area contributed by atoms with E-state index in [2.05, 4.69) is 10.6 Å². The number of amides is 2. The van der Waals surface area contributed by atoms with Crippen molar-refractivity contribution in [3.05, 3.63) is 66.2 Å². The molecule has 12 heteroatoms. The van der Waals surface area contributed by atoms with Gasteiger partial charge in [-0.3, -0.25) is 9.59 Å².